The Balaban J connectivity index is 2.06. The summed E-state index contributed by atoms with van der Waals surface area (Å²) in [6.07, 6.45) is 3.14. The summed E-state index contributed by atoms with van der Waals surface area (Å²) >= 11 is 0. The van der Waals surface area contributed by atoms with Gasteiger partial charge in [0.1, 0.15) is 0 Å². The molecule has 20 heavy (non-hydrogen) atoms. The number of allylic oxidation sites excluding steroid dienone is 2. The number of benzene rings is 1. The Hall–Kier alpha value is -2.10. The van der Waals surface area contributed by atoms with E-state index in [9.17, 15) is 9.59 Å². The van der Waals surface area contributed by atoms with Gasteiger partial charge in [-0.2, -0.15) is 0 Å². The summed E-state index contributed by atoms with van der Waals surface area (Å²) < 4.78 is 0. The molecule has 0 radical (unpaired) electrons. The van der Waals surface area contributed by atoms with Crippen LogP contribution < -0.4 is 10.6 Å². The van der Waals surface area contributed by atoms with E-state index in [4.69, 9.17) is 0 Å². The van der Waals surface area contributed by atoms with Crippen molar-refractivity contribution in [3.05, 3.63) is 36.0 Å². The highest BCUT2D eigenvalue weighted by molar-refractivity contribution is 5.92. The van der Waals surface area contributed by atoms with Gasteiger partial charge in [-0.3, -0.25) is 9.59 Å². The van der Waals surface area contributed by atoms with Gasteiger partial charge in [-0.25, -0.2) is 0 Å². The number of carbonyl (C=O) groups is 2. The number of anilines is 2. The minimum Gasteiger partial charge on any atom is -0.359 e. The number of nitrogens with one attached hydrogen (secondary N) is 2. The lowest BCUT2D eigenvalue weighted by atomic mass is 9.79. The van der Waals surface area contributed by atoms with Crippen molar-refractivity contribution in [3.63, 3.8) is 0 Å². The lowest BCUT2D eigenvalue weighted by Crippen LogP contribution is -2.24. The van der Waals surface area contributed by atoms with Crippen molar-refractivity contribution in [2.24, 2.45) is 5.41 Å². The molecule has 0 unspecified atom stereocenters. The van der Waals surface area contributed by atoms with E-state index >= 15 is 0 Å². The number of ketones is 1. The maximum absolute atomic E-state index is 11.7. The molecular formula is C16H20N2O2. The second-order valence-corrected chi connectivity index (χ2v) is 6.04. The third-order valence-electron chi connectivity index (χ3n) is 3.17. The van der Waals surface area contributed by atoms with Crippen LogP contribution in [0.15, 0.2) is 36.0 Å². The standard InChI is InChI=1S/C16H20N2O2/c1-11(19)17-12-4-6-13(7-5-12)18-14-8-15(20)10-16(2,3)9-14/h4-8,18H,9-10H2,1-3H3,(H,17,19). The molecule has 1 aromatic carbocycles. The van der Waals surface area contributed by atoms with E-state index in [1.807, 2.05) is 24.3 Å². The topological polar surface area (TPSA) is 58.2 Å². The molecule has 0 saturated carbocycles. The zero-order chi connectivity index (χ0) is 14.8. The first-order valence-electron chi connectivity index (χ1n) is 6.72. The summed E-state index contributed by atoms with van der Waals surface area (Å²) in [6, 6.07) is 7.44. The van der Waals surface area contributed by atoms with Crippen LogP contribution in [0.1, 0.15) is 33.6 Å². The van der Waals surface area contributed by atoms with Crippen LogP contribution in [0.5, 0.6) is 0 Å². The Morgan fingerprint density at radius 2 is 1.70 bits per heavy atom. The largest absolute Gasteiger partial charge is 0.359 e. The third kappa shape index (κ3) is 3.95. The molecule has 1 aliphatic rings. The number of carbonyl (C=O) groups excluding carboxylic acids is 2. The maximum Gasteiger partial charge on any atom is 0.221 e. The fourth-order valence-corrected chi connectivity index (χ4v) is 2.45. The number of rotatable bonds is 3. The van der Waals surface area contributed by atoms with Gasteiger partial charge < -0.3 is 10.6 Å². The van der Waals surface area contributed by atoms with Gasteiger partial charge >= 0.3 is 0 Å². The summed E-state index contributed by atoms with van der Waals surface area (Å²) in [4.78, 5) is 22.6. The summed E-state index contributed by atoms with van der Waals surface area (Å²) in [5.74, 6) is 0.0756. The quantitative estimate of drug-likeness (QED) is 0.887. The summed E-state index contributed by atoms with van der Waals surface area (Å²) in [5, 5.41) is 6.00. The van der Waals surface area contributed by atoms with Gasteiger partial charge in [0, 0.05) is 36.5 Å². The molecule has 0 heterocycles. The predicted octanol–water partition coefficient (Wildman–Crippen LogP) is 3.33. The Morgan fingerprint density at radius 1 is 1.10 bits per heavy atom. The average Bonchev–Trinajstić information content (AvgIpc) is 2.28. The number of amides is 1. The molecule has 1 amide bonds. The van der Waals surface area contributed by atoms with Crippen molar-refractivity contribution in [3.8, 4) is 0 Å². The normalized spacial score (nSPS) is 17.4. The molecule has 2 rings (SSSR count). The van der Waals surface area contributed by atoms with Gasteiger partial charge in [-0.1, -0.05) is 13.8 Å². The average molecular weight is 272 g/mol. The Labute approximate surface area is 119 Å². The lowest BCUT2D eigenvalue weighted by Gasteiger charge is -2.29. The van der Waals surface area contributed by atoms with Crippen LogP contribution in [-0.2, 0) is 9.59 Å². The minimum atomic E-state index is -0.0898. The second-order valence-electron chi connectivity index (χ2n) is 6.04. The molecule has 4 heteroatoms. The van der Waals surface area contributed by atoms with Crippen LogP contribution in [0, 0.1) is 5.41 Å². The smallest absolute Gasteiger partial charge is 0.221 e. The zero-order valence-electron chi connectivity index (χ0n) is 12.1. The van der Waals surface area contributed by atoms with E-state index < -0.39 is 0 Å². The van der Waals surface area contributed by atoms with Crippen LogP contribution in [0.25, 0.3) is 0 Å². The fourth-order valence-electron chi connectivity index (χ4n) is 2.45. The van der Waals surface area contributed by atoms with Crippen LogP contribution in [0.3, 0.4) is 0 Å². The third-order valence-corrected chi connectivity index (χ3v) is 3.17. The van der Waals surface area contributed by atoms with Crippen LogP contribution >= 0.6 is 0 Å². The van der Waals surface area contributed by atoms with E-state index in [-0.39, 0.29) is 17.1 Å². The highest BCUT2D eigenvalue weighted by Gasteiger charge is 2.27. The summed E-state index contributed by atoms with van der Waals surface area (Å²) in [6.45, 7) is 5.67. The molecular weight excluding hydrogens is 252 g/mol. The van der Waals surface area contributed by atoms with Gasteiger partial charge in [0.05, 0.1) is 0 Å². The molecule has 0 bridgehead atoms. The van der Waals surface area contributed by atoms with Crippen molar-refractivity contribution in [2.45, 2.75) is 33.6 Å². The van der Waals surface area contributed by atoms with E-state index in [2.05, 4.69) is 24.5 Å². The minimum absolute atomic E-state index is 0.00426. The first kappa shape index (κ1) is 14.3. The first-order chi connectivity index (χ1) is 9.34. The van der Waals surface area contributed by atoms with Crippen molar-refractivity contribution in [1.29, 1.82) is 0 Å². The molecule has 2 N–H and O–H groups in total. The summed E-state index contributed by atoms with van der Waals surface area (Å²) in [5.41, 5.74) is 2.62. The zero-order valence-corrected chi connectivity index (χ0v) is 12.1. The van der Waals surface area contributed by atoms with Gasteiger partial charge in [0.25, 0.3) is 0 Å². The fraction of sp³-hybridized carbons (Fsp3) is 0.375. The SMILES string of the molecule is CC(=O)Nc1ccc(NC2=CC(=O)CC(C)(C)C2)cc1. The number of hydrogen-bond donors (Lipinski definition) is 2. The molecule has 1 aliphatic carbocycles. The predicted molar refractivity (Wildman–Crippen MR) is 80.5 cm³/mol. The van der Waals surface area contributed by atoms with E-state index in [1.165, 1.54) is 6.92 Å². The second kappa shape index (κ2) is 5.49. The van der Waals surface area contributed by atoms with E-state index in [0.29, 0.717) is 6.42 Å². The molecule has 106 valence electrons. The van der Waals surface area contributed by atoms with Crippen LogP contribution in [0.4, 0.5) is 11.4 Å². The van der Waals surface area contributed by atoms with E-state index in [0.717, 1.165) is 23.5 Å². The van der Waals surface area contributed by atoms with E-state index in [1.54, 1.807) is 6.08 Å². The molecule has 0 aromatic heterocycles. The molecule has 1 aromatic rings. The molecule has 4 nitrogen and oxygen atoms in total. The van der Waals surface area contributed by atoms with Crippen molar-refractivity contribution in [2.75, 3.05) is 10.6 Å². The summed E-state index contributed by atoms with van der Waals surface area (Å²) in [7, 11) is 0. The first-order valence-corrected chi connectivity index (χ1v) is 6.72. The Bertz CT molecular complexity index is 556. The Kier molecular flexibility index (Phi) is 3.93. The van der Waals surface area contributed by atoms with Gasteiger partial charge in [0.15, 0.2) is 5.78 Å². The lowest BCUT2D eigenvalue weighted by molar-refractivity contribution is -0.117. The molecule has 0 saturated heterocycles. The maximum atomic E-state index is 11.7. The monoisotopic (exact) mass is 272 g/mol. The van der Waals surface area contributed by atoms with Crippen LogP contribution in [-0.4, -0.2) is 11.7 Å². The molecule has 0 fully saturated rings. The molecule has 0 aliphatic heterocycles. The molecule has 0 spiro atoms. The van der Waals surface area contributed by atoms with Gasteiger partial charge in [0.2, 0.25) is 5.91 Å². The Morgan fingerprint density at radius 3 is 2.25 bits per heavy atom. The highest BCUT2D eigenvalue weighted by atomic mass is 16.1. The highest BCUT2D eigenvalue weighted by Crippen LogP contribution is 2.34. The van der Waals surface area contributed by atoms with Gasteiger partial charge in [-0.05, 0) is 36.1 Å². The number of hydrogen-bond acceptors (Lipinski definition) is 3. The van der Waals surface area contributed by atoms with Crippen molar-refractivity contribution < 1.29 is 9.59 Å². The van der Waals surface area contributed by atoms with Crippen LogP contribution in [0.2, 0.25) is 0 Å². The van der Waals surface area contributed by atoms with Crippen molar-refractivity contribution in [1.82, 2.24) is 0 Å². The van der Waals surface area contributed by atoms with Crippen molar-refractivity contribution >= 4 is 23.1 Å². The van der Waals surface area contributed by atoms with Gasteiger partial charge in [-0.15, -0.1) is 0 Å². The molecule has 0 atom stereocenters.